The molecule has 1 saturated heterocycles. The molecule has 2 rings (SSSR count). The zero-order chi connectivity index (χ0) is 17.0. The van der Waals surface area contributed by atoms with Gasteiger partial charge in [-0.25, -0.2) is 4.79 Å². The van der Waals surface area contributed by atoms with Crippen molar-refractivity contribution < 1.29 is 24.2 Å². The number of carboxylic acids is 1. The smallest absolute Gasteiger partial charge is 0.321 e. The molecule has 7 nitrogen and oxygen atoms in total. The van der Waals surface area contributed by atoms with Crippen molar-refractivity contribution in [3.8, 4) is 11.5 Å². The summed E-state index contributed by atoms with van der Waals surface area (Å²) in [7, 11) is 3.10. The van der Waals surface area contributed by atoms with Gasteiger partial charge in [0, 0.05) is 36.5 Å². The van der Waals surface area contributed by atoms with E-state index in [0.717, 1.165) is 5.56 Å². The molecule has 0 saturated carbocycles. The summed E-state index contributed by atoms with van der Waals surface area (Å²) in [5.74, 6) is -0.138. The normalized spacial score (nSPS) is 17.5. The summed E-state index contributed by atoms with van der Waals surface area (Å²) in [6.45, 7) is 2.64. The van der Waals surface area contributed by atoms with Crippen LogP contribution >= 0.6 is 0 Å². The van der Waals surface area contributed by atoms with Crippen LogP contribution in [0.1, 0.15) is 18.4 Å². The van der Waals surface area contributed by atoms with Crippen molar-refractivity contribution in [2.24, 2.45) is 5.92 Å². The minimum atomic E-state index is -0.860. The number of anilines is 1. The molecular weight excluding hydrogens is 300 g/mol. The average Bonchev–Trinajstić information content (AvgIpc) is 2.56. The maximum Gasteiger partial charge on any atom is 0.321 e. The van der Waals surface area contributed by atoms with Gasteiger partial charge in [0.25, 0.3) is 0 Å². The van der Waals surface area contributed by atoms with E-state index in [1.807, 2.05) is 6.92 Å². The number of hydrogen-bond acceptors (Lipinski definition) is 4. The molecule has 2 N–H and O–H groups in total. The molecule has 1 atom stereocenters. The van der Waals surface area contributed by atoms with Crippen LogP contribution in [-0.2, 0) is 4.79 Å². The number of piperidine rings is 1. The molecular formula is C16H22N2O5. The summed E-state index contributed by atoms with van der Waals surface area (Å²) in [6, 6.07) is 3.12. The summed E-state index contributed by atoms with van der Waals surface area (Å²) < 4.78 is 10.6. The fraction of sp³-hybridized carbons (Fsp3) is 0.500. The first-order valence-electron chi connectivity index (χ1n) is 7.47. The van der Waals surface area contributed by atoms with E-state index in [4.69, 9.17) is 14.6 Å². The van der Waals surface area contributed by atoms with Crippen molar-refractivity contribution in [1.82, 2.24) is 4.90 Å². The van der Waals surface area contributed by atoms with Gasteiger partial charge in [-0.15, -0.1) is 0 Å². The van der Waals surface area contributed by atoms with E-state index in [0.29, 0.717) is 36.6 Å². The Morgan fingerprint density at radius 2 is 1.87 bits per heavy atom. The highest BCUT2D eigenvalue weighted by Crippen LogP contribution is 2.32. The minimum Gasteiger partial charge on any atom is -0.496 e. The Kier molecular flexibility index (Phi) is 5.31. The van der Waals surface area contributed by atoms with Gasteiger partial charge in [-0.3, -0.25) is 4.79 Å². The van der Waals surface area contributed by atoms with Gasteiger partial charge in [0.05, 0.1) is 20.1 Å². The number of carbonyl (C=O) groups excluding carboxylic acids is 1. The Hall–Kier alpha value is -2.44. The molecule has 1 heterocycles. The lowest BCUT2D eigenvalue weighted by atomic mass is 9.99. The number of hydrogen-bond donors (Lipinski definition) is 2. The number of rotatable bonds is 4. The summed E-state index contributed by atoms with van der Waals surface area (Å²) >= 11 is 0. The molecule has 23 heavy (non-hydrogen) atoms. The van der Waals surface area contributed by atoms with Crippen LogP contribution in [0.3, 0.4) is 0 Å². The number of amides is 2. The van der Waals surface area contributed by atoms with E-state index in [-0.39, 0.29) is 12.6 Å². The number of nitrogens with one attached hydrogen (secondary N) is 1. The second kappa shape index (κ2) is 7.21. The van der Waals surface area contributed by atoms with E-state index in [1.54, 1.807) is 26.4 Å². The minimum absolute atomic E-state index is 0.224. The zero-order valence-electron chi connectivity index (χ0n) is 13.6. The fourth-order valence-electron chi connectivity index (χ4n) is 2.72. The van der Waals surface area contributed by atoms with Gasteiger partial charge in [0.2, 0.25) is 0 Å². The van der Waals surface area contributed by atoms with Gasteiger partial charge in [-0.1, -0.05) is 0 Å². The molecule has 1 aromatic carbocycles. The maximum atomic E-state index is 12.4. The van der Waals surface area contributed by atoms with Gasteiger partial charge in [-0.2, -0.15) is 0 Å². The topological polar surface area (TPSA) is 88.1 Å². The Balaban J connectivity index is 2.12. The SMILES string of the molecule is COc1cc(NC(=O)N2CCCC(C(=O)O)C2)cc(OC)c1C. The first kappa shape index (κ1) is 16.9. The molecule has 1 fully saturated rings. The molecule has 1 aliphatic rings. The molecule has 1 unspecified atom stereocenters. The maximum absolute atomic E-state index is 12.4. The van der Waals surface area contributed by atoms with Crippen LogP contribution in [0.4, 0.5) is 10.5 Å². The number of aliphatic carboxylic acids is 1. The van der Waals surface area contributed by atoms with Crippen LogP contribution in [0.25, 0.3) is 0 Å². The highest BCUT2D eigenvalue weighted by molar-refractivity contribution is 5.90. The van der Waals surface area contributed by atoms with Crippen LogP contribution in [0.5, 0.6) is 11.5 Å². The molecule has 7 heteroatoms. The van der Waals surface area contributed by atoms with Crippen LogP contribution in [0.2, 0.25) is 0 Å². The van der Waals surface area contributed by atoms with Crippen molar-refractivity contribution in [2.45, 2.75) is 19.8 Å². The van der Waals surface area contributed by atoms with E-state index in [1.165, 1.54) is 4.90 Å². The van der Waals surface area contributed by atoms with E-state index in [9.17, 15) is 9.59 Å². The molecule has 1 aromatic rings. The second-order valence-corrected chi connectivity index (χ2v) is 5.56. The number of ether oxygens (including phenoxy) is 2. The van der Waals surface area contributed by atoms with Crippen LogP contribution < -0.4 is 14.8 Å². The van der Waals surface area contributed by atoms with Crippen molar-refractivity contribution in [2.75, 3.05) is 32.6 Å². The van der Waals surface area contributed by atoms with Gasteiger partial charge in [0.15, 0.2) is 0 Å². The van der Waals surface area contributed by atoms with Gasteiger partial charge in [0.1, 0.15) is 11.5 Å². The van der Waals surface area contributed by atoms with E-state index < -0.39 is 11.9 Å². The summed E-state index contributed by atoms with van der Waals surface area (Å²) in [6.07, 6.45) is 1.29. The Bertz CT molecular complexity index is 577. The number of methoxy groups -OCH3 is 2. The summed E-state index contributed by atoms with van der Waals surface area (Å²) in [5, 5.41) is 11.9. The first-order valence-corrected chi connectivity index (χ1v) is 7.47. The van der Waals surface area contributed by atoms with Crippen molar-refractivity contribution in [3.63, 3.8) is 0 Å². The lowest BCUT2D eigenvalue weighted by molar-refractivity contribution is -0.143. The number of nitrogens with zero attached hydrogens (tertiary/aromatic N) is 1. The number of carbonyl (C=O) groups is 2. The van der Waals surface area contributed by atoms with Crippen molar-refractivity contribution >= 4 is 17.7 Å². The standard InChI is InChI=1S/C16H22N2O5/c1-10-13(22-2)7-12(8-14(10)23-3)17-16(21)18-6-4-5-11(9-18)15(19)20/h7-8,11H,4-6,9H2,1-3H3,(H,17,21)(H,19,20). The molecule has 2 amide bonds. The quantitative estimate of drug-likeness (QED) is 0.888. The highest BCUT2D eigenvalue weighted by atomic mass is 16.5. The zero-order valence-corrected chi connectivity index (χ0v) is 13.6. The molecule has 1 aliphatic heterocycles. The second-order valence-electron chi connectivity index (χ2n) is 5.56. The molecule has 0 radical (unpaired) electrons. The van der Waals surface area contributed by atoms with Crippen LogP contribution in [0, 0.1) is 12.8 Å². The average molecular weight is 322 g/mol. The third kappa shape index (κ3) is 3.85. The van der Waals surface area contributed by atoms with Crippen molar-refractivity contribution in [1.29, 1.82) is 0 Å². The molecule has 0 bridgehead atoms. The van der Waals surface area contributed by atoms with Crippen molar-refractivity contribution in [3.05, 3.63) is 17.7 Å². The molecule has 126 valence electrons. The van der Waals surface area contributed by atoms with Crippen LogP contribution in [-0.4, -0.2) is 49.3 Å². The summed E-state index contributed by atoms with van der Waals surface area (Å²) in [5.41, 5.74) is 1.39. The predicted molar refractivity (Wildman–Crippen MR) is 85.2 cm³/mol. The molecule has 0 aromatic heterocycles. The highest BCUT2D eigenvalue weighted by Gasteiger charge is 2.28. The lowest BCUT2D eigenvalue weighted by Gasteiger charge is -2.30. The number of benzene rings is 1. The number of likely N-dealkylation sites (tertiary alicyclic amines) is 1. The summed E-state index contributed by atoms with van der Waals surface area (Å²) in [4.78, 5) is 25.0. The lowest BCUT2D eigenvalue weighted by Crippen LogP contribution is -2.44. The van der Waals surface area contributed by atoms with Gasteiger partial charge in [-0.05, 0) is 19.8 Å². The monoisotopic (exact) mass is 322 g/mol. The van der Waals surface area contributed by atoms with Crippen LogP contribution in [0.15, 0.2) is 12.1 Å². The fourth-order valence-corrected chi connectivity index (χ4v) is 2.72. The third-order valence-electron chi connectivity index (χ3n) is 4.06. The van der Waals surface area contributed by atoms with Gasteiger partial charge >= 0.3 is 12.0 Å². The Labute approximate surface area is 135 Å². The van der Waals surface area contributed by atoms with Gasteiger partial charge < -0.3 is 24.8 Å². The third-order valence-corrected chi connectivity index (χ3v) is 4.06. The van der Waals surface area contributed by atoms with E-state index in [2.05, 4.69) is 5.32 Å². The van der Waals surface area contributed by atoms with E-state index >= 15 is 0 Å². The number of urea groups is 1. The Morgan fingerprint density at radius 1 is 1.26 bits per heavy atom. The largest absolute Gasteiger partial charge is 0.496 e. The molecule has 0 spiro atoms. The predicted octanol–water partition coefficient (Wildman–Crippen LogP) is 2.34. The number of carboxylic acid groups (broad SMARTS) is 1. The molecule has 0 aliphatic carbocycles. The Morgan fingerprint density at radius 3 is 2.39 bits per heavy atom. The first-order chi connectivity index (χ1) is 11.0.